The second-order valence-corrected chi connectivity index (χ2v) is 6.89. The summed E-state index contributed by atoms with van der Waals surface area (Å²) >= 11 is 3.33. The number of hydrogen-bond acceptors (Lipinski definition) is 4. The summed E-state index contributed by atoms with van der Waals surface area (Å²) in [7, 11) is 0. The Balaban J connectivity index is 1.98. The number of hydrogen-bond donors (Lipinski definition) is 1. The predicted molar refractivity (Wildman–Crippen MR) is 83.0 cm³/mol. The molecule has 4 nitrogen and oxygen atoms in total. The number of hydroxylamine groups is 1. The van der Waals surface area contributed by atoms with Gasteiger partial charge in [0.1, 0.15) is 0 Å². The number of pyridine rings is 1. The number of rotatable bonds is 3. The minimum atomic E-state index is -0.145. The van der Waals surface area contributed by atoms with E-state index in [1.165, 1.54) is 5.06 Å². The first-order valence-corrected chi connectivity index (χ1v) is 7.60. The van der Waals surface area contributed by atoms with Crippen molar-refractivity contribution in [3.8, 4) is 0 Å². The van der Waals surface area contributed by atoms with Gasteiger partial charge < -0.3 is 4.74 Å². The standard InChI is InChI=1S/C15H21BrN2O2/c1-15(2,3)20-13-7-5-12(6-8-13)18(19)14-9-4-11(16)10-17-14/h4-5,7,9-10,12-13,19H,6,8H2,1-3H3/t12-,13-/m0/s1. The van der Waals surface area contributed by atoms with E-state index in [-0.39, 0.29) is 17.7 Å². The fraction of sp³-hybridized carbons (Fsp3) is 0.533. The fourth-order valence-corrected chi connectivity index (χ4v) is 2.44. The van der Waals surface area contributed by atoms with Crippen LogP contribution in [0.1, 0.15) is 33.6 Å². The molecule has 0 aromatic carbocycles. The maximum atomic E-state index is 10.2. The van der Waals surface area contributed by atoms with Crippen LogP contribution in [0, 0.1) is 0 Å². The molecule has 0 aliphatic heterocycles. The number of ether oxygens (including phenoxy) is 1. The smallest absolute Gasteiger partial charge is 0.152 e. The highest BCUT2D eigenvalue weighted by Gasteiger charge is 2.24. The van der Waals surface area contributed by atoms with Gasteiger partial charge >= 0.3 is 0 Å². The van der Waals surface area contributed by atoms with Crippen molar-refractivity contribution in [1.82, 2.24) is 4.98 Å². The molecule has 2 rings (SSSR count). The summed E-state index contributed by atoms with van der Waals surface area (Å²) < 4.78 is 6.82. The van der Waals surface area contributed by atoms with Crippen molar-refractivity contribution in [2.45, 2.75) is 51.4 Å². The highest BCUT2D eigenvalue weighted by atomic mass is 79.9. The predicted octanol–water partition coefficient (Wildman–Crippen LogP) is 3.94. The lowest BCUT2D eigenvalue weighted by atomic mass is 9.99. The van der Waals surface area contributed by atoms with E-state index in [1.807, 2.05) is 18.2 Å². The Morgan fingerprint density at radius 1 is 1.30 bits per heavy atom. The van der Waals surface area contributed by atoms with Gasteiger partial charge in [0, 0.05) is 10.7 Å². The van der Waals surface area contributed by atoms with E-state index in [9.17, 15) is 5.21 Å². The third-order valence-electron chi connectivity index (χ3n) is 3.06. The minimum absolute atomic E-state index is 0.0523. The zero-order valence-electron chi connectivity index (χ0n) is 12.1. The van der Waals surface area contributed by atoms with Crippen LogP contribution in [0.4, 0.5) is 5.82 Å². The molecule has 1 aromatic rings. The Morgan fingerprint density at radius 3 is 2.55 bits per heavy atom. The molecule has 20 heavy (non-hydrogen) atoms. The molecule has 0 unspecified atom stereocenters. The van der Waals surface area contributed by atoms with Gasteiger partial charge in [0.15, 0.2) is 5.82 Å². The van der Waals surface area contributed by atoms with Crippen LogP contribution in [0.2, 0.25) is 0 Å². The SMILES string of the molecule is CC(C)(C)O[C@H]1C=C[C@H](N(O)c2ccc(Br)cn2)CC1. The van der Waals surface area contributed by atoms with Gasteiger partial charge in [-0.05, 0) is 61.7 Å². The molecule has 5 heteroatoms. The molecular weight excluding hydrogens is 320 g/mol. The van der Waals surface area contributed by atoms with Crippen molar-refractivity contribution in [1.29, 1.82) is 0 Å². The lowest BCUT2D eigenvalue weighted by molar-refractivity contribution is -0.0445. The molecular formula is C15H21BrN2O2. The fourth-order valence-electron chi connectivity index (χ4n) is 2.21. The topological polar surface area (TPSA) is 45.6 Å². The highest BCUT2D eigenvalue weighted by Crippen LogP contribution is 2.25. The molecule has 0 saturated carbocycles. The summed E-state index contributed by atoms with van der Waals surface area (Å²) in [6.45, 7) is 6.16. The van der Waals surface area contributed by atoms with Gasteiger partial charge in [-0.3, -0.25) is 5.21 Å². The molecule has 0 spiro atoms. The Hall–Kier alpha value is -0.910. The lowest BCUT2D eigenvalue weighted by Gasteiger charge is -2.32. The van der Waals surface area contributed by atoms with E-state index >= 15 is 0 Å². The summed E-state index contributed by atoms with van der Waals surface area (Å²) in [5.74, 6) is 0.554. The van der Waals surface area contributed by atoms with Gasteiger partial charge in [0.05, 0.1) is 17.7 Å². The third kappa shape index (κ3) is 4.30. The van der Waals surface area contributed by atoms with E-state index in [4.69, 9.17) is 4.74 Å². The van der Waals surface area contributed by atoms with E-state index < -0.39 is 0 Å². The lowest BCUT2D eigenvalue weighted by Crippen LogP contribution is -2.36. The maximum Gasteiger partial charge on any atom is 0.152 e. The van der Waals surface area contributed by atoms with Crippen molar-refractivity contribution >= 4 is 21.7 Å². The Morgan fingerprint density at radius 2 is 2.05 bits per heavy atom. The molecule has 2 atom stereocenters. The number of aromatic nitrogens is 1. The monoisotopic (exact) mass is 340 g/mol. The summed E-state index contributed by atoms with van der Waals surface area (Å²) in [5, 5.41) is 11.4. The van der Waals surface area contributed by atoms with Crippen LogP contribution >= 0.6 is 15.9 Å². The van der Waals surface area contributed by atoms with Gasteiger partial charge in [0.2, 0.25) is 0 Å². The van der Waals surface area contributed by atoms with Crippen molar-refractivity contribution in [2.24, 2.45) is 0 Å². The molecule has 0 radical (unpaired) electrons. The van der Waals surface area contributed by atoms with Crippen LogP contribution < -0.4 is 5.06 Å². The zero-order valence-corrected chi connectivity index (χ0v) is 13.7. The van der Waals surface area contributed by atoms with Gasteiger partial charge in [-0.1, -0.05) is 12.2 Å². The first-order valence-electron chi connectivity index (χ1n) is 6.81. The second-order valence-electron chi connectivity index (χ2n) is 5.98. The highest BCUT2D eigenvalue weighted by molar-refractivity contribution is 9.10. The number of anilines is 1. The Bertz CT molecular complexity index is 468. The van der Waals surface area contributed by atoms with Gasteiger partial charge in [0.25, 0.3) is 0 Å². The van der Waals surface area contributed by atoms with Crippen LogP contribution in [-0.2, 0) is 4.74 Å². The minimum Gasteiger partial charge on any atom is -0.369 e. The van der Waals surface area contributed by atoms with Crippen molar-refractivity contribution in [3.63, 3.8) is 0 Å². The summed E-state index contributed by atoms with van der Waals surface area (Å²) in [4.78, 5) is 4.20. The number of nitrogens with zero attached hydrogens (tertiary/aromatic N) is 2. The van der Waals surface area contributed by atoms with Crippen LogP contribution in [0.5, 0.6) is 0 Å². The van der Waals surface area contributed by atoms with Crippen LogP contribution in [0.3, 0.4) is 0 Å². The Labute approximate surface area is 128 Å². The molecule has 0 amide bonds. The number of halogens is 1. The molecule has 1 heterocycles. The second kappa shape index (κ2) is 6.24. The van der Waals surface area contributed by atoms with Crippen molar-refractivity contribution in [2.75, 3.05) is 5.06 Å². The maximum absolute atomic E-state index is 10.2. The third-order valence-corrected chi connectivity index (χ3v) is 3.53. The van der Waals surface area contributed by atoms with E-state index in [1.54, 1.807) is 12.3 Å². The molecule has 0 bridgehead atoms. The normalized spacial score (nSPS) is 22.9. The van der Waals surface area contributed by atoms with Crippen molar-refractivity contribution < 1.29 is 9.94 Å². The van der Waals surface area contributed by atoms with Gasteiger partial charge in [-0.15, -0.1) is 0 Å². The molecule has 1 aromatic heterocycles. The first-order chi connectivity index (χ1) is 9.35. The molecule has 1 N–H and O–H groups in total. The zero-order chi connectivity index (χ0) is 14.8. The average Bonchev–Trinajstić information content (AvgIpc) is 2.38. The summed E-state index contributed by atoms with van der Waals surface area (Å²) in [5.41, 5.74) is -0.145. The largest absolute Gasteiger partial charge is 0.369 e. The van der Waals surface area contributed by atoms with E-state index in [2.05, 4.69) is 41.7 Å². The van der Waals surface area contributed by atoms with Gasteiger partial charge in [-0.25, -0.2) is 10.0 Å². The molecule has 110 valence electrons. The van der Waals surface area contributed by atoms with Crippen LogP contribution in [-0.4, -0.2) is 27.9 Å². The Kier molecular flexibility index (Phi) is 4.83. The summed E-state index contributed by atoms with van der Waals surface area (Å²) in [6.07, 6.45) is 7.55. The molecule has 0 fully saturated rings. The van der Waals surface area contributed by atoms with Crippen LogP contribution in [0.15, 0.2) is 35.0 Å². The van der Waals surface area contributed by atoms with Crippen molar-refractivity contribution in [3.05, 3.63) is 35.0 Å². The molecule has 1 aliphatic carbocycles. The van der Waals surface area contributed by atoms with E-state index in [0.29, 0.717) is 5.82 Å². The van der Waals surface area contributed by atoms with Crippen LogP contribution in [0.25, 0.3) is 0 Å². The first kappa shape index (κ1) is 15.5. The summed E-state index contributed by atoms with van der Waals surface area (Å²) in [6, 6.07) is 3.60. The van der Waals surface area contributed by atoms with Gasteiger partial charge in [-0.2, -0.15) is 0 Å². The quantitative estimate of drug-likeness (QED) is 0.668. The van der Waals surface area contributed by atoms with E-state index in [0.717, 1.165) is 17.3 Å². The molecule has 0 saturated heterocycles. The average molecular weight is 341 g/mol. The molecule has 1 aliphatic rings.